The van der Waals surface area contributed by atoms with Crippen LogP contribution in [0.25, 0.3) is 0 Å². The third-order valence-electron chi connectivity index (χ3n) is 4.24. The Morgan fingerprint density at radius 1 is 1.19 bits per heavy atom. The van der Waals surface area contributed by atoms with Crippen molar-refractivity contribution in [1.82, 2.24) is 0 Å². The minimum atomic E-state index is -3.54. The second-order valence-corrected chi connectivity index (χ2v) is 9.05. The van der Waals surface area contributed by atoms with Gasteiger partial charge in [-0.3, -0.25) is 9.10 Å². The summed E-state index contributed by atoms with van der Waals surface area (Å²) in [5.41, 5.74) is 3.10. The molecule has 1 aliphatic rings. The van der Waals surface area contributed by atoms with Gasteiger partial charge in [0.1, 0.15) is 5.75 Å². The van der Waals surface area contributed by atoms with E-state index < -0.39 is 16.1 Å². The summed E-state index contributed by atoms with van der Waals surface area (Å²) in [6.07, 6.45) is 0.515. The highest BCUT2D eigenvalue weighted by atomic mass is 35.5. The van der Waals surface area contributed by atoms with E-state index in [0.717, 1.165) is 17.4 Å². The quantitative estimate of drug-likeness (QED) is 0.843. The Hall–Kier alpha value is -2.25. The van der Waals surface area contributed by atoms with Gasteiger partial charge in [-0.1, -0.05) is 17.7 Å². The van der Waals surface area contributed by atoms with E-state index in [-0.39, 0.29) is 18.9 Å². The maximum atomic E-state index is 12.7. The molecule has 144 valence electrons. The first-order valence-electron chi connectivity index (χ1n) is 8.46. The Kier molecular flexibility index (Phi) is 5.35. The summed E-state index contributed by atoms with van der Waals surface area (Å²) < 4.78 is 31.4. The first-order chi connectivity index (χ1) is 12.6. The maximum Gasteiger partial charge on any atom is 0.265 e. The molecule has 2 aromatic rings. The van der Waals surface area contributed by atoms with Crippen LogP contribution in [0, 0.1) is 13.8 Å². The molecule has 3 rings (SSSR count). The van der Waals surface area contributed by atoms with Crippen LogP contribution in [-0.2, 0) is 14.8 Å². The van der Waals surface area contributed by atoms with E-state index in [1.807, 2.05) is 32.0 Å². The van der Waals surface area contributed by atoms with E-state index in [0.29, 0.717) is 22.1 Å². The Balaban J connectivity index is 1.88. The molecule has 0 fully saturated rings. The zero-order chi connectivity index (χ0) is 19.8. The number of carbonyl (C=O) groups is 1. The smallest absolute Gasteiger partial charge is 0.265 e. The van der Waals surface area contributed by atoms with E-state index >= 15 is 0 Å². The van der Waals surface area contributed by atoms with Crippen molar-refractivity contribution in [2.45, 2.75) is 26.4 Å². The van der Waals surface area contributed by atoms with Crippen molar-refractivity contribution in [3.63, 3.8) is 0 Å². The molecule has 0 unspecified atom stereocenters. The molecule has 1 N–H and O–H groups in total. The van der Waals surface area contributed by atoms with Crippen LogP contribution in [0.3, 0.4) is 0 Å². The first-order valence-corrected chi connectivity index (χ1v) is 10.7. The number of nitrogens with zero attached hydrogens (tertiary/aromatic N) is 1. The summed E-state index contributed by atoms with van der Waals surface area (Å²) in [4.78, 5) is 12.7. The van der Waals surface area contributed by atoms with E-state index in [4.69, 9.17) is 16.3 Å². The lowest BCUT2D eigenvalue weighted by atomic mass is 10.1. The molecule has 1 amide bonds. The van der Waals surface area contributed by atoms with Crippen molar-refractivity contribution in [2.75, 3.05) is 22.4 Å². The van der Waals surface area contributed by atoms with E-state index in [2.05, 4.69) is 5.32 Å². The lowest BCUT2D eigenvalue weighted by Crippen LogP contribution is -2.36. The van der Waals surface area contributed by atoms with Crippen molar-refractivity contribution >= 4 is 38.9 Å². The standard InChI is InChI=1S/C19H21ClN2O4S/c1-12-8-13(2)10-15(9-12)21-19(23)18-6-7-22(27(3,24)25)16-11-14(20)4-5-17(16)26-18/h4-5,8-11,18H,6-7H2,1-3H3,(H,21,23)/t18-/m1/s1. The van der Waals surface area contributed by atoms with E-state index in [1.54, 1.807) is 12.1 Å². The summed E-state index contributed by atoms with van der Waals surface area (Å²) in [5, 5.41) is 3.25. The van der Waals surface area contributed by atoms with Crippen LogP contribution in [0.15, 0.2) is 36.4 Å². The fourth-order valence-corrected chi connectivity index (χ4v) is 4.25. The van der Waals surface area contributed by atoms with E-state index in [1.165, 1.54) is 10.4 Å². The number of nitrogens with one attached hydrogen (secondary N) is 1. The van der Waals surface area contributed by atoms with Gasteiger partial charge in [0.25, 0.3) is 5.91 Å². The Morgan fingerprint density at radius 2 is 1.85 bits per heavy atom. The minimum Gasteiger partial charge on any atom is -0.478 e. The fraction of sp³-hybridized carbons (Fsp3) is 0.316. The molecule has 0 saturated heterocycles. The number of sulfonamides is 1. The van der Waals surface area contributed by atoms with Gasteiger partial charge < -0.3 is 10.1 Å². The van der Waals surface area contributed by atoms with Gasteiger partial charge in [-0.05, 0) is 55.3 Å². The molecule has 0 aliphatic carbocycles. The summed E-state index contributed by atoms with van der Waals surface area (Å²) in [5.74, 6) is -0.0147. The number of hydrogen-bond donors (Lipinski definition) is 1. The molecular formula is C19H21ClN2O4S. The molecule has 8 heteroatoms. The normalized spacial score (nSPS) is 16.9. The fourth-order valence-electron chi connectivity index (χ4n) is 3.15. The SMILES string of the molecule is Cc1cc(C)cc(NC(=O)[C@H]2CCN(S(C)(=O)=O)c3cc(Cl)ccc3O2)c1. The van der Waals surface area contributed by atoms with Crippen LogP contribution in [0.1, 0.15) is 17.5 Å². The number of anilines is 2. The highest BCUT2D eigenvalue weighted by molar-refractivity contribution is 7.92. The van der Waals surface area contributed by atoms with Crippen LogP contribution < -0.4 is 14.4 Å². The molecule has 0 bridgehead atoms. The van der Waals surface area contributed by atoms with Crippen molar-refractivity contribution in [3.05, 3.63) is 52.5 Å². The Bertz CT molecular complexity index is 971. The number of fused-ring (bicyclic) bond motifs is 1. The van der Waals surface area contributed by atoms with Crippen molar-refractivity contribution in [2.24, 2.45) is 0 Å². The predicted molar refractivity (Wildman–Crippen MR) is 107 cm³/mol. The zero-order valence-corrected chi connectivity index (χ0v) is 16.9. The topological polar surface area (TPSA) is 75.7 Å². The number of carbonyl (C=O) groups excluding carboxylic acids is 1. The molecule has 6 nitrogen and oxygen atoms in total. The molecule has 1 aliphatic heterocycles. The van der Waals surface area contributed by atoms with Crippen LogP contribution in [0.2, 0.25) is 5.02 Å². The van der Waals surface area contributed by atoms with Crippen molar-refractivity contribution in [3.8, 4) is 5.75 Å². The summed E-state index contributed by atoms with van der Waals surface area (Å²) in [7, 11) is -3.54. The van der Waals surface area contributed by atoms with Gasteiger partial charge >= 0.3 is 0 Å². The number of aryl methyl sites for hydroxylation is 2. The summed E-state index contributed by atoms with van der Waals surface area (Å²) >= 11 is 6.02. The zero-order valence-electron chi connectivity index (χ0n) is 15.3. The average Bonchev–Trinajstić information content (AvgIpc) is 2.72. The van der Waals surface area contributed by atoms with Gasteiger partial charge in [-0.15, -0.1) is 0 Å². The number of ether oxygens (including phenoxy) is 1. The lowest BCUT2D eigenvalue weighted by Gasteiger charge is -2.21. The predicted octanol–water partition coefficient (Wildman–Crippen LogP) is 3.51. The molecule has 1 atom stereocenters. The molecule has 27 heavy (non-hydrogen) atoms. The number of halogens is 1. The van der Waals surface area contributed by atoms with Gasteiger partial charge in [-0.2, -0.15) is 0 Å². The average molecular weight is 409 g/mol. The number of amides is 1. The third kappa shape index (κ3) is 4.54. The van der Waals surface area contributed by atoms with Gasteiger partial charge in [0, 0.05) is 23.7 Å². The van der Waals surface area contributed by atoms with Gasteiger partial charge in [-0.25, -0.2) is 8.42 Å². The van der Waals surface area contributed by atoms with Crippen molar-refractivity contribution < 1.29 is 17.9 Å². The van der Waals surface area contributed by atoms with Crippen molar-refractivity contribution in [1.29, 1.82) is 0 Å². The van der Waals surface area contributed by atoms with Crippen LogP contribution >= 0.6 is 11.6 Å². The molecule has 0 aromatic heterocycles. The largest absolute Gasteiger partial charge is 0.478 e. The molecule has 2 aromatic carbocycles. The Morgan fingerprint density at radius 3 is 2.48 bits per heavy atom. The summed E-state index contributed by atoms with van der Waals surface area (Å²) in [6.45, 7) is 4.03. The summed E-state index contributed by atoms with van der Waals surface area (Å²) in [6, 6.07) is 10.5. The lowest BCUT2D eigenvalue weighted by molar-refractivity contribution is -0.122. The second-order valence-electron chi connectivity index (χ2n) is 6.71. The molecule has 0 radical (unpaired) electrons. The molecular weight excluding hydrogens is 388 g/mol. The van der Waals surface area contributed by atoms with Gasteiger partial charge in [0.15, 0.2) is 6.10 Å². The van der Waals surface area contributed by atoms with Crippen LogP contribution in [0.4, 0.5) is 11.4 Å². The van der Waals surface area contributed by atoms with Crippen LogP contribution in [-0.4, -0.2) is 33.2 Å². The molecule has 1 heterocycles. The molecule has 0 spiro atoms. The highest BCUT2D eigenvalue weighted by Crippen LogP contribution is 2.36. The van der Waals surface area contributed by atoms with Gasteiger partial charge in [0.05, 0.1) is 11.9 Å². The second kappa shape index (κ2) is 7.40. The van der Waals surface area contributed by atoms with E-state index in [9.17, 15) is 13.2 Å². The maximum absolute atomic E-state index is 12.7. The highest BCUT2D eigenvalue weighted by Gasteiger charge is 2.31. The number of benzene rings is 2. The monoisotopic (exact) mass is 408 g/mol. The van der Waals surface area contributed by atoms with Gasteiger partial charge in [0.2, 0.25) is 10.0 Å². The first kappa shape index (κ1) is 19.5. The number of hydrogen-bond acceptors (Lipinski definition) is 4. The Labute approximate surface area is 164 Å². The minimum absolute atomic E-state index is 0.122. The molecule has 0 saturated carbocycles. The van der Waals surface area contributed by atoms with Crippen LogP contribution in [0.5, 0.6) is 5.75 Å². The third-order valence-corrected chi connectivity index (χ3v) is 5.65. The number of rotatable bonds is 3.